The smallest absolute Gasteiger partial charge is 0.241 e. The molecule has 1 unspecified atom stereocenters. The Bertz CT molecular complexity index is 639. The number of aromatic nitrogens is 2. The largest absolute Gasteiger partial charge is 0.347 e. The highest BCUT2D eigenvalue weighted by molar-refractivity contribution is 5.81. The Morgan fingerprint density at radius 2 is 2.14 bits per heavy atom. The molecule has 2 heterocycles. The highest BCUT2D eigenvalue weighted by atomic mass is 16.5. The van der Waals surface area contributed by atoms with Gasteiger partial charge in [0.15, 0.2) is 0 Å². The molecule has 0 radical (unpaired) electrons. The number of hydrogen-bond donors (Lipinski definition) is 0. The van der Waals surface area contributed by atoms with Gasteiger partial charge in [-0.05, 0) is 19.4 Å². The summed E-state index contributed by atoms with van der Waals surface area (Å²) in [5.74, 6) is 1.28. The van der Waals surface area contributed by atoms with Crippen LogP contribution in [0.15, 0.2) is 34.9 Å². The Labute approximate surface area is 129 Å². The van der Waals surface area contributed by atoms with Crippen molar-refractivity contribution in [2.45, 2.75) is 25.4 Å². The summed E-state index contributed by atoms with van der Waals surface area (Å²) < 4.78 is 5.34. The van der Waals surface area contributed by atoms with Crippen LogP contribution in [0.4, 0.5) is 0 Å². The Hall–Kier alpha value is -2.21. The maximum Gasteiger partial charge on any atom is 0.241 e. The average Bonchev–Trinajstić information content (AvgIpc) is 3.17. The van der Waals surface area contributed by atoms with E-state index in [4.69, 9.17) is 4.52 Å². The maximum absolute atomic E-state index is 12.2. The van der Waals surface area contributed by atoms with Crippen LogP contribution in [0.25, 0.3) is 11.4 Å². The topological polar surface area (TPSA) is 62.5 Å². The molecule has 1 aliphatic heterocycles. The van der Waals surface area contributed by atoms with Crippen molar-refractivity contribution in [1.29, 1.82) is 0 Å². The summed E-state index contributed by atoms with van der Waals surface area (Å²) in [5.41, 5.74) is 0.930. The van der Waals surface area contributed by atoms with Crippen molar-refractivity contribution in [2.24, 2.45) is 0 Å². The van der Waals surface area contributed by atoms with Crippen LogP contribution in [0.5, 0.6) is 0 Å². The van der Waals surface area contributed by atoms with Gasteiger partial charge in [-0.1, -0.05) is 35.5 Å². The lowest BCUT2D eigenvalue weighted by Gasteiger charge is -2.24. The Morgan fingerprint density at radius 1 is 1.36 bits per heavy atom. The molecule has 3 rings (SSSR count). The Kier molecular flexibility index (Phi) is 4.20. The Morgan fingerprint density at radius 3 is 2.86 bits per heavy atom. The van der Waals surface area contributed by atoms with Crippen LogP contribution in [0.2, 0.25) is 0 Å². The summed E-state index contributed by atoms with van der Waals surface area (Å²) in [6.07, 6.45) is 1.90. The molecule has 1 aliphatic rings. The summed E-state index contributed by atoms with van der Waals surface area (Å²) in [7, 11) is 3.58. The Balaban J connectivity index is 1.71. The van der Waals surface area contributed by atoms with E-state index < -0.39 is 0 Å². The lowest BCUT2D eigenvalue weighted by atomic mass is 10.2. The number of rotatable bonds is 4. The van der Waals surface area contributed by atoms with Gasteiger partial charge in [0, 0.05) is 19.7 Å². The number of amides is 1. The molecule has 0 saturated carbocycles. The van der Waals surface area contributed by atoms with E-state index in [0.717, 1.165) is 24.9 Å². The van der Waals surface area contributed by atoms with Gasteiger partial charge in [-0.15, -0.1) is 0 Å². The molecular weight excluding hydrogens is 280 g/mol. The third kappa shape index (κ3) is 3.01. The second-order valence-corrected chi connectivity index (χ2v) is 5.74. The van der Waals surface area contributed by atoms with Crippen molar-refractivity contribution in [2.75, 3.05) is 20.6 Å². The molecule has 0 bridgehead atoms. The monoisotopic (exact) mass is 300 g/mol. The van der Waals surface area contributed by atoms with Crippen molar-refractivity contribution in [3.63, 3.8) is 0 Å². The summed E-state index contributed by atoms with van der Waals surface area (Å²) >= 11 is 0. The predicted molar refractivity (Wildman–Crippen MR) is 81.9 cm³/mol. The predicted octanol–water partition coefficient (Wildman–Crippen LogP) is 1.79. The molecule has 1 atom stereocenters. The second kappa shape index (κ2) is 6.27. The van der Waals surface area contributed by atoms with Crippen molar-refractivity contribution in [1.82, 2.24) is 19.9 Å². The average molecular weight is 300 g/mol. The molecule has 1 amide bonds. The lowest BCUT2D eigenvalue weighted by molar-refractivity contribution is -0.133. The number of carbonyl (C=O) groups is 1. The van der Waals surface area contributed by atoms with E-state index in [9.17, 15) is 4.79 Å². The van der Waals surface area contributed by atoms with Crippen LogP contribution in [-0.2, 0) is 11.3 Å². The minimum Gasteiger partial charge on any atom is -0.347 e. The SMILES string of the molecule is CN(C)C(=O)C1CCCN1Cc1nc(-c2ccccc2)no1. The van der Waals surface area contributed by atoms with Crippen LogP contribution in [0.3, 0.4) is 0 Å². The lowest BCUT2D eigenvalue weighted by Crippen LogP contribution is -2.42. The van der Waals surface area contributed by atoms with E-state index in [2.05, 4.69) is 15.0 Å². The molecule has 1 saturated heterocycles. The molecule has 2 aromatic rings. The fourth-order valence-corrected chi connectivity index (χ4v) is 2.79. The molecule has 1 fully saturated rings. The van der Waals surface area contributed by atoms with Gasteiger partial charge in [0.1, 0.15) is 0 Å². The number of likely N-dealkylation sites (N-methyl/N-ethyl adjacent to an activating group) is 1. The number of likely N-dealkylation sites (tertiary alicyclic amines) is 1. The quantitative estimate of drug-likeness (QED) is 0.861. The fourth-order valence-electron chi connectivity index (χ4n) is 2.79. The molecule has 1 aromatic heterocycles. The van der Waals surface area contributed by atoms with Crippen LogP contribution in [-0.4, -0.2) is 52.5 Å². The molecule has 0 spiro atoms. The van der Waals surface area contributed by atoms with Gasteiger partial charge in [-0.3, -0.25) is 9.69 Å². The molecule has 22 heavy (non-hydrogen) atoms. The second-order valence-electron chi connectivity index (χ2n) is 5.74. The number of hydrogen-bond acceptors (Lipinski definition) is 5. The highest BCUT2D eigenvalue weighted by Gasteiger charge is 2.32. The first-order chi connectivity index (χ1) is 10.6. The minimum absolute atomic E-state index is 0.0814. The molecular formula is C16H20N4O2. The van der Waals surface area contributed by atoms with E-state index >= 15 is 0 Å². The van der Waals surface area contributed by atoms with E-state index in [0.29, 0.717) is 18.3 Å². The minimum atomic E-state index is -0.0814. The summed E-state index contributed by atoms with van der Waals surface area (Å²) in [6, 6.07) is 9.65. The van der Waals surface area contributed by atoms with Crippen molar-refractivity contribution in [3.05, 3.63) is 36.2 Å². The van der Waals surface area contributed by atoms with Crippen molar-refractivity contribution >= 4 is 5.91 Å². The number of carbonyl (C=O) groups excluding carboxylic acids is 1. The first kappa shape index (κ1) is 14.7. The zero-order chi connectivity index (χ0) is 15.5. The molecule has 1 aromatic carbocycles. The third-order valence-electron chi connectivity index (χ3n) is 3.93. The van der Waals surface area contributed by atoms with E-state index in [1.165, 1.54) is 0 Å². The number of benzene rings is 1. The first-order valence-corrected chi connectivity index (χ1v) is 7.48. The van der Waals surface area contributed by atoms with E-state index in [-0.39, 0.29) is 11.9 Å². The van der Waals surface area contributed by atoms with Gasteiger partial charge >= 0.3 is 0 Å². The van der Waals surface area contributed by atoms with Gasteiger partial charge in [-0.2, -0.15) is 4.98 Å². The zero-order valence-corrected chi connectivity index (χ0v) is 12.9. The van der Waals surface area contributed by atoms with E-state index in [1.807, 2.05) is 30.3 Å². The van der Waals surface area contributed by atoms with Crippen molar-refractivity contribution in [3.8, 4) is 11.4 Å². The fraction of sp³-hybridized carbons (Fsp3) is 0.438. The van der Waals surface area contributed by atoms with Crippen LogP contribution in [0.1, 0.15) is 18.7 Å². The van der Waals surface area contributed by atoms with Gasteiger partial charge in [0.05, 0.1) is 12.6 Å². The normalized spacial score (nSPS) is 18.5. The summed E-state index contributed by atoms with van der Waals surface area (Å²) in [4.78, 5) is 20.4. The van der Waals surface area contributed by atoms with Crippen LogP contribution >= 0.6 is 0 Å². The van der Waals surface area contributed by atoms with Gasteiger partial charge in [0.2, 0.25) is 17.6 Å². The van der Waals surface area contributed by atoms with Gasteiger partial charge in [-0.25, -0.2) is 0 Å². The standard InChI is InChI=1S/C16H20N4O2/c1-19(2)16(21)13-9-6-10-20(13)11-14-17-15(18-22-14)12-7-4-3-5-8-12/h3-5,7-8,13H,6,9-11H2,1-2H3. The molecule has 0 aliphatic carbocycles. The van der Waals surface area contributed by atoms with Crippen LogP contribution < -0.4 is 0 Å². The van der Waals surface area contributed by atoms with Gasteiger partial charge < -0.3 is 9.42 Å². The maximum atomic E-state index is 12.2. The molecule has 116 valence electrons. The summed E-state index contributed by atoms with van der Waals surface area (Å²) in [6.45, 7) is 1.40. The number of nitrogens with zero attached hydrogens (tertiary/aromatic N) is 4. The molecule has 6 nitrogen and oxygen atoms in total. The molecule has 0 N–H and O–H groups in total. The van der Waals surface area contributed by atoms with Crippen molar-refractivity contribution < 1.29 is 9.32 Å². The van der Waals surface area contributed by atoms with Crippen LogP contribution in [0, 0.1) is 0 Å². The van der Waals surface area contributed by atoms with Gasteiger partial charge in [0.25, 0.3) is 0 Å². The molecule has 6 heteroatoms. The zero-order valence-electron chi connectivity index (χ0n) is 12.9. The highest BCUT2D eigenvalue weighted by Crippen LogP contribution is 2.22. The third-order valence-corrected chi connectivity index (χ3v) is 3.93. The first-order valence-electron chi connectivity index (χ1n) is 7.48. The summed E-state index contributed by atoms with van der Waals surface area (Å²) in [5, 5.41) is 4.03. The van der Waals surface area contributed by atoms with E-state index in [1.54, 1.807) is 19.0 Å².